The molecule has 464 valence electrons. The Morgan fingerprint density at radius 2 is 0.897 bits per heavy atom. The Morgan fingerprint density at radius 1 is 0.448 bits per heavy atom. The van der Waals surface area contributed by atoms with Gasteiger partial charge in [0.05, 0.1) is 25.4 Å². The van der Waals surface area contributed by atoms with Gasteiger partial charge in [-0.2, -0.15) is 0 Å². The highest BCUT2D eigenvalue weighted by Gasteiger charge is 2.51. The van der Waals surface area contributed by atoms with Crippen LogP contribution in [0.5, 0.6) is 0 Å². The molecule has 0 aliphatic carbocycles. The van der Waals surface area contributed by atoms with E-state index in [1.807, 2.05) is 33.3 Å². The zero-order valence-corrected chi connectivity index (χ0v) is 56.2. The molecule has 0 saturated heterocycles. The molecule has 2 aliphatic rings. The smallest absolute Gasteiger partial charge is 0.261 e. The van der Waals surface area contributed by atoms with Crippen LogP contribution in [0.4, 0.5) is 0 Å². The zero-order valence-electron chi connectivity index (χ0n) is 54.5. The molecule has 0 saturated carbocycles. The van der Waals surface area contributed by atoms with Crippen LogP contribution >= 0.6 is 22.7 Å². The summed E-state index contributed by atoms with van der Waals surface area (Å²) in [5, 5.41) is 3.34. The van der Waals surface area contributed by atoms with Crippen LogP contribution < -0.4 is 0 Å². The first-order chi connectivity index (χ1) is 42.1. The molecule has 2 atom stereocenters. The van der Waals surface area contributed by atoms with Crippen LogP contribution in [-0.4, -0.2) is 34.7 Å². The van der Waals surface area contributed by atoms with Crippen molar-refractivity contribution in [3.05, 3.63) is 130 Å². The highest BCUT2D eigenvalue weighted by Crippen LogP contribution is 2.54. The van der Waals surface area contributed by atoms with Gasteiger partial charge in [-0.3, -0.25) is 9.59 Å². The molecule has 8 aromatic rings. The van der Waals surface area contributed by atoms with Crippen molar-refractivity contribution in [1.29, 1.82) is 0 Å². The van der Waals surface area contributed by atoms with Crippen LogP contribution in [0, 0.1) is 11.8 Å². The predicted molar refractivity (Wildman–Crippen MR) is 369 cm³/mol. The Labute approximate surface area is 529 Å². The Kier molecular flexibility index (Phi) is 21.5. The normalized spacial score (nSPS) is 14.9. The van der Waals surface area contributed by atoms with Crippen molar-refractivity contribution >= 4 is 77.0 Å². The van der Waals surface area contributed by atoms with Gasteiger partial charge in [0.1, 0.15) is 34.3 Å². The fourth-order valence-electron chi connectivity index (χ4n) is 13.6. The average molecular weight is 1210 g/mol. The number of thiophene rings is 2. The van der Waals surface area contributed by atoms with Crippen molar-refractivity contribution in [2.45, 2.75) is 234 Å². The van der Waals surface area contributed by atoms with Crippen molar-refractivity contribution < 1.29 is 22.8 Å². The summed E-state index contributed by atoms with van der Waals surface area (Å²) in [5.41, 5.74) is 5.93. The third-order valence-corrected chi connectivity index (χ3v) is 21.4. The number of rotatable bonds is 33. The number of benzene rings is 3. The Balaban J connectivity index is 1.13. The molecule has 0 radical (unpaired) electrons. The molecule has 9 heteroatoms. The summed E-state index contributed by atoms with van der Waals surface area (Å²) in [5.74, 6) is 3.87. The van der Waals surface area contributed by atoms with E-state index >= 15 is 9.59 Å². The summed E-state index contributed by atoms with van der Waals surface area (Å²) in [6.07, 6.45) is 28.3. The minimum Gasteiger partial charge on any atom is -0.459 e. The molecular formula is C78H100N2O5S2. The summed E-state index contributed by atoms with van der Waals surface area (Å²) in [6.45, 7) is 23.5. The number of unbranched alkanes of at least 4 members (excludes halogenated alkanes) is 16. The van der Waals surface area contributed by atoms with Gasteiger partial charge in [-0.1, -0.05) is 258 Å². The van der Waals surface area contributed by atoms with Crippen molar-refractivity contribution in [2.75, 3.05) is 13.1 Å². The van der Waals surface area contributed by atoms with E-state index < -0.39 is 0 Å². The van der Waals surface area contributed by atoms with Crippen molar-refractivity contribution in [1.82, 2.24) is 9.80 Å². The van der Waals surface area contributed by atoms with Gasteiger partial charge in [-0.25, -0.2) is 0 Å². The Morgan fingerprint density at radius 3 is 1.39 bits per heavy atom. The molecule has 2 amide bonds. The lowest BCUT2D eigenvalue weighted by Crippen LogP contribution is -2.34. The second-order valence-corrected chi connectivity index (χ2v) is 29.7. The Bertz CT molecular complexity index is 3640. The molecule has 0 bridgehead atoms. The first kappa shape index (κ1) is 64.1. The molecule has 3 aromatic carbocycles. The van der Waals surface area contributed by atoms with Gasteiger partial charge in [-0.05, 0) is 84.9 Å². The monoisotopic (exact) mass is 1210 g/mol. The Hall–Kier alpha value is -5.90. The molecular weight excluding hydrogens is 1110 g/mol. The number of hydrogen-bond donors (Lipinski definition) is 0. The van der Waals surface area contributed by atoms with Crippen LogP contribution in [-0.2, 0) is 20.4 Å². The average Bonchev–Trinajstić information content (AvgIpc) is 1.62. The van der Waals surface area contributed by atoms with Gasteiger partial charge in [0.2, 0.25) is 0 Å². The van der Waals surface area contributed by atoms with E-state index in [0.717, 1.165) is 106 Å². The molecule has 2 unspecified atom stereocenters. The largest absolute Gasteiger partial charge is 0.459 e. The predicted octanol–water partition coefficient (Wildman–Crippen LogP) is 24.1. The maximum atomic E-state index is 16.2. The second-order valence-electron chi connectivity index (χ2n) is 27.6. The third kappa shape index (κ3) is 14.4. The second kappa shape index (κ2) is 29.2. The minimum absolute atomic E-state index is 0.0757. The maximum Gasteiger partial charge on any atom is 0.261 e. The van der Waals surface area contributed by atoms with Gasteiger partial charge < -0.3 is 23.1 Å². The zero-order chi connectivity index (χ0) is 61.2. The number of nitrogens with zero attached hydrogens (tertiary/aromatic N) is 2. The molecule has 5 aromatic heterocycles. The summed E-state index contributed by atoms with van der Waals surface area (Å²) in [4.78, 5) is 38.6. The number of carbonyl (C=O) groups is 2. The van der Waals surface area contributed by atoms with Crippen LogP contribution in [0.25, 0.3) is 75.6 Å². The maximum absolute atomic E-state index is 16.2. The van der Waals surface area contributed by atoms with E-state index in [-0.39, 0.29) is 34.5 Å². The van der Waals surface area contributed by atoms with Crippen molar-refractivity contribution in [3.8, 4) is 33.1 Å². The van der Waals surface area contributed by atoms with E-state index in [1.54, 1.807) is 11.3 Å². The van der Waals surface area contributed by atoms with E-state index in [1.165, 1.54) is 117 Å². The standard InChI is InChI=1S/C78H100N2O5S2/c1-11-15-19-23-25-31-39-53(37-29-21-17-13-3)51-79-69(67-68(76(79)82)70(61-47-48-63(84-61)77(5,6)7)80(75(67)81)52-54(38-30-22-18-14-4)40-32-26-24-20-16-12-2)60-46-45-59(83-60)62-49-57-66-65(55-41-33-27-34-42-55)71(56-43-35-28-36-44-56)85-72(66)58-50-64(78(8,9)10)87-74(58)73(57)86-62/h27-28,33-36,41-50,53-54H,11-26,29-32,37-40,51-52H2,1-10H3. The van der Waals surface area contributed by atoms with E-state index in [4.69, 9.17) is 13.3 Å². The van der Waals surface area contributed by atoms with Crippen LogP contribution in [0.2, 0.25) is 0 Å². The number of hydrogen-bond acceptors (Lipinski definition) is 7. The topological polar surface area (TPSA) is 80.0 Å². The van der Waals surface area contributed by atoms with Crippen molar-refractivity contribution in [2.24, 2.45) is 11.8 Å². The molecule has 7 heterocycles. The molecule has 0 spiro atoms. The summed E-state index contributed by atoms with van der Waals surface area (Å²) >= 11 is 3.61. The first-order valence-corrected chi connectivity index (χ1v) is 35.7. The molecule has 7 nitrogen and oxygen atoms in total. The number of furan rings is 3. The van der Waals surface area contributed by atoms with Gasteiger partial charge in [0, 0.05) is 50.7 Å². The summed E-state index contributed by atoms with van der Waals surface area (Å²) in [7, 11) is 0. The quantitative estimate of drug-likeness (QED) is 0.0383. The van der Waals surface area contributed by atoms with Crippen molar-refractivity contribution in [3.63, 3.8) is 0 Å². The molecule has 87 heavy (non-hydrogen) atoms. The van der Waals surface area contributed by atoms with Gasteiger partial charge in [-0.15, -0.1) is 22.7 Å². The molecule has 2 aliphatic heterocycles. The first-order valence-electron chi connectivity index (χ1n) is 34.1. The molecule has 10 rings (SSSR count). The lowest BCUT2D eigenvalue weighted by molar-refractivity contribution is -0.124. The van der Waals surface area contributed by atoms with Crippen LogP contribution in [0.1, 0.15) is 245 Å². The lowest BCUT2D eigenvalue weighted by atomic mass is 9.93. The van der Waals surface area contributed by atoms with E-state index in [0.29, 0.717) is 52.9 Å². The van der Waals surface area contributed by atoms with Gasteiger partial charge in [0.25, 0.3) is 11.8 Å². The fourth-order valence-corrected chi connectivity index (χ4v) is 16.1. The number of fused-ring (bicyclic) bond motifs is 7. The van der Waals surface area contributed by atoms with Crippen LogP contribution in [0.15, 0.2) is 121 Å². The van der Waals surface area contributed by atoms with Gasteiger partial charge >= 0.3 is 0 Å². The number of amides is 2. The van der Waals surface area contributed by atoms with Crippen LogP contribution in [0.3, 0.4) is 0 Å². The SMILES string of the molecule is CCCCCCCCC(CCCCCC)CN1C(=O)C2=C(c3ccc(C(C)(C)C)o3)N(CC(CCCCCC)CCCCCCCC)C(=O)C2=C1c1ccc(-c2cc3c(s2)c2sc(C(C)(C)C)cc2c2oc(-c4ccccc4)c(-c4ccccc4)c32)o1. The third-order valence-electron chi connectivity index (χ3n) is 18.5. The molecule has 0 fully saturated rings. The lowest BCUT2D eigenvalue weighted by Gasteiger charge is -2.29. The van der Waals surface area contributed by atoms with Gasteiger partial charge in [0.15, 0.2) is 11.5 Å². The fraction of sp³-hybridized carbons (Fsp3) is 0.513. The number of carbonyl (C=O) groups excluding carboxylic acids is 2. The minimum atomic E-state index is -0.272. The summed E-state index contributed by atoms with van der Waals surface area (Å²) < 4.78 is 23.8. The van der Waals surface area contributed by atoms with E-state index in [2.05, 4.69) is 154 Å². The van der Waals surface area contributed by atoms with E-state index in [9.17, 15) is 0 Å². The highest BCUT2D eigenvalue weighted by molar-refractivity contribution is 7.29. The highest BCUT2D eigenvalue weighted by atomic mass is 32.1. The summed E-state index contributed by atoms with van der Waals surface area (Å²) in [6, 6.07) is 34.1. The molecule has 0 N–H and O–H groups in total.